The largest absolute Gasteiger partial charge is 0.355 e. The second-order valence-corrected chi connectivity index (χ2v) is 8.47. The molecule has 0 saturated carbocycles. The van der Waals surface area contributed by atoms with E-state index >= 15 is 0 Å². The first kappa shape index (κ1) is 28.3. The lowest BCUT2D eigenvalue weighted by atomic mass is 10.1. The molecule has 172 valence electrons. The van der Waals surface area contributed by atoms with Gasteiger partial charge in [0.15, 0.2) is 0 Å². The van der Waals surface area contributed by atoms with Crippen molar-refractivity contribution in [1.29, 1.82) is 0 Å². The molecule has 0 radical (unpaired) electrons. The van der Waals surface area contributed by atoms with Gasteiger partial charge in [-0.05, 0) is 38.5 Å². The maximum atomic E-state index is 11.5. The second kappa shape index (κ2) is 19.2. The van der Waals surface area contributed by atoms with Crippen LogP contribution >= 0.6 is 0 Å². The summed E-state index contributed by atoms with van der Waals surface area (Å²) in [7, 11) is -4.04. The van der Waals surface area contributed by atoms with Crippen molar-refractivity contribution in [2.75, 3.05) is 12.3 Å². The number of nitrogens with one attached hydrogen (secondary N) is 1. The summed E-state index contributed by atoms with van der Waals surface area (Å²) in [6.45, 7) is 2.10. The molecule has 0 aromatic carbocycles. The van der Waals surface area contributed by atoms with Crippen LogP contribution < -0.4 is 5.32 Å². The van der Waals surface area contributed by atoms with Crippen molar-refractivity contribution in [1.82, 2.24) is 5.32 Å². The van der Waals surface area contributed by atoms with Crippen molar-refractivity contribution in [2.45, 2.75) is 70.8 Å². The van der Waals surface area contributed by atoms with E-state index in [0.29, 0.717) is 19.3 Å². The van der Waals surface area contributed by atoms with Gasteiger partial charge in [-0.25, -0.2) is 4.89 Å². The molecular formula is C22H37NO6S. The Morgan fingerprint density at radius 1 is 1.03 bits per heavy atom. The fraction of sp³-hybridized carbons (Fsp3) is 0.591. The first-order chi connectivity index (χ1) is 14.4. The van der Waals surface area contributed by atoms with Crippen molar-refractivity contribution in [2.24, 2.45) is 0 Å². The monoisotopic (exact) mass is 443 g/mol. The van der Waals surface area contributed by atoms with E-state index in [1.54, 1.807) is 6.08 Å². The highest BCUT2D eigenvalue weighted by Crippen LogP contribution is 2.04. The highest BCUT2D eigenvalue weighted by atomic mass is 32.2. The van der Waals surface area contributed by atoms with E-state index in [1.807, 2.05) is 36.5 Å². The first-order valence-corrected chi connectivity index (χ1v) is 12.1. The average molecular weight is 444 g/mol. The number of unbranched alkanes of at least 4 members (excludes halogenated alkanes) is 4. The van der Waals surface area contributed by atoms with Gasteiger partial charge in [-0.15, -0.1) is 0 Å². The molecule has 0 fully saturated rings. The molecule has 0 unspecified atom stereocenters. The highest BCUT2D eigenvalue weighted by Gasteiger charge is 2.05. The standard InChI is InChI=1S/C22H37NO6S/c1-2-3-4-5-10-13-16-21(29-25)17-14-11-8-6-7-9-12-15-18-22(24)23-19-20-30(26,27)28/h7-11,13-14,17,21,25H,2-6,12,15-16,18-20H2,1H3,(H,23,24)(H,26,27,28)/b9-7-,11-8-,13-10-,17-14+/t21-/m0/s1. The van der Waals surface area contributed by atoms with Crippen LogP contribution in [0.15, 0.2) is 48.6 Å². The molecule has 0 bridgehead atoms. The van der Waals surface area contributed by atoms with Gasteiger partial charge in [-0.2, -0.15) is 8.42 Å². The molecule has 1 atom stereocenters. The summed E-state index contributed by atoms with van der Waals surface area (Å²) in [6, 6.07) is 0. The summed E-state index contributed by atoms with van der Waals surface area (Å²) >= 11 is 0. The Morgan fingerprint density at radius 3 is 2.47 bits per heavy atom. The normalized spacial score (nSPS) is 13.8. The molecular weight excluding hydrogens is 406 g/mol. The third kappa shape index (κ3) is 21.0. The number of rotatable bonds is 18. The Kier molecular flexibility index (Phi) is 18.1. The number of hydrogen-bond acceptors (Lipinski definition) is 5. The number of carbonyl (C=O) groups excluding carboxylic acids is 1. The summed E-state index contributed by atoms with van der Waals surface area (Å²) in [5, 5.41) is 11.4. The van der Waals surface area contributed by atoms with Gasteiger partial charge in [0.2, 0.25) is 5.91 Å². The summed E-state index contributed by atoms with van der Waals surface area (Å²) in [5.74, 6) is -0.700. The van der Waals surface area contributed by atoms with Gasteiger partial charge in [0.05, 0.1) is 5.75 Å². The number of allylic oxidation sites excluding steroid dienone is 6. The molecule has 1 amide bonds. The second-order valence-electron chi connectivity index (χ2n) is 6.90. The minimum atomic E-state index is -4.04. The van der Waals surface area contributed by atoms with Crippen LogP contribution in [0.1, 0.15) is 64.7 Å². The zero-order valence-corrected chi connectivity index (χ0v) is 18.7. The van der Waals surface area contributed by atoms with Crippen molar-refractivity contribution >= 4 is 16.0 Å². The van der Waals surface area contributed by atoms with E-state index in [2.05, 4.69) is 23.2 Å². The van der Waals surface area contributed by atoms with E-state index < -0.39 is 15.9 Å². The molecule has 7 nitrogen and oxygen atoms in total. The summed E-state index contributed by atoms with van der Waals surface area (Å²) < 4.78 is 29.6. The van der Waals surface area contributed by atoms with Crippen LogP contribution in [-0.2, 0) is 19.8 Å². The quantitative estimate of drug-likeness (QED) is 0.0712. The number of carbonyl (C=O) groups is 1. The van der Waals surface area contributed by atoms with Gasteiger partial charge in [-0.3, -0.25) is 14.6 Å². The van der Waals surface area contributed by atoms with Gasteiger partial charge in [0.1, 0.15) is 6.10 Å². The van der Waals surface area contributed by atoms with Gasteiger partial charge >= 0.3 is 0 Å². The zero-order chi connectivity index (χ0) is 22.5. The third-order valence-electron chi connectivity index (χ3n) is 4.11. The summed E-state index contributed by atoms with van der Waals surface area (Å²) in [4.78, 5) is 15.9. The van der Waals surface area contributed by atoms with Crippen molar-refractivity contribution in [3.8, 4) is 0 Å². The van der Waals surface area contributed by atoms with Crippen molar-refractivity contribution in [3.63, 3.8) is 0 Å². The lowest BCUT2D eigenvalue weighted by Gasteiger charge is -2.04. The molecule has 3 N–H and O–H groups in total. The summed E-state index contributed by atoms with van der Waals surface area (Å²) in [5.41, 5.74) is 0. The smallest absolute Gasteiger partial charge is 0.266 e. The molecule has 30 heavy (non-hydrogen) atoms. The lowest BCUT2D eigenvalue weighted by Crippen LogP contribution is -2.28. The molecule has 0 spiro atoms. The predicted octanol–water partition coefficient (Wildman–Crippen LogP) is 4.60. The number of hydrogen-bond donors (Lipinski definition) is 3. The maximum Gasteiger partial charge on any atom is 0.266 e. The molecule has 0 aromatic rings. The Morgan fingerprint density at radius 2 is 1.77 bits per heavy atom. The van der Waals surface area contributed by atoms with Gasteiger partial charge < -0.3 is 5.32 Å². The number of amides is 1. The fourth-order valence-electron chi connectivity index (χ4n) is 2.44. The Labute approximate surface area is 181 Å². The minimum absolute atomic E-state index is 0.0801. The van der Waals surface area contributed by atoms with Crippen LogP contribution in [0.25, 0.3) is 0 Å². The van der Waals surface area contributed by atoms with E-state index in [-0.39, 0.29) is 18.6 Å². The topological polar surface area (TPSA) is 113 Å². The molecule has 0 aromatic heterocycles. The van der Waals surface area contributed by atoms with Crippen LogP contribution in [0.3, 0.4) is 0 Å². The van der Waals surface area contributed by atoms with Crippen LogP contribution in [-0.4, -0.2) is 42.5 Å². The molecule has 0 aliphatic carbocycles. The van der Waals surface area contributed by atoms with Gasteiger partial charge in [-0.1, -0.05) is 68.4 Å². The lowest BCUT2D eigenvalue weighted by molar-refractivity contribution is -0.264. The Balaban J connectivity index is 3.82. The van der Waals surface area contributed by atoms with Gasteiger partial charge in [0, 0.05) is 13.0 Å². The molecule has 0 rings (SSSR count). The third-order valence-corrected chi connectivity index (χ3v) is 4.83. The maximum absolute atomic E-state index is 11.5. The summed E-state index contributed by atoms with van der Waals surface area (Å²) in [6.07, 6.45) is 23.1. The van der Waals surface area contributed by atoms with Crippen LogP contribution in [0, 0.1) is 0 Å². The van der Waals surface area contributed by atoms with Crippen LogP contribution in [0.2, 0.25) is 0 Å². The fourth-order valence-corrected chi connectivity index (χ4v) is 2.80. The molecule has 0 heterocycles. The molecule has 8 heteroatoms. The molecule has 0 saturated heterocycles. The predicted molar refractivity (Wildman–Crippen MR) is 121 cm³/mol. The molecule has 0 aliphatic rings. The van der Waals surface area contributed by atoms with Crippen LogP contribution in [0.5, 0.6) is 0 Å². The van der Waals surface area contributed by atoms with Crippen molar-refractivity contribution in [3.05, 3.63) is 48.6 Å². The van der Waals surface area contributed by atoms with Crippen molar-refractivity contribution < 1.29 is 27.9 Å². The first-order valence-electron chi connectivity index (χ1n) is 10.5. The van der Waals surface area contributed by atoms with Crippen LogP contribution in [0.4, 0.5) is 0 Å². The van der Waals surface area contributed by atoms with E-state index in [0.717, 1.165) is 19.3 Å². The molecule has 0 aliphatic heterocycles. The Hall–Kier alpha value is -1.74. The van der Waals surface area contributed by atoms with E-state index in [1.165, 1.54) is 19.3 Å². The SMILES string of the molecule is CCCCC/C=C\C[C@@H](/C=C/C=C\C/C=C\CCCC(=O)NCCS(=O)(=O)O)OO. The zero-order valence-electron chi connectivity index (χ0n) is 17.9. The average Bonchev–Trinajstić information content (AvgIpc) is 2.69. The van der Waals surface area contributed by atoms with Gasteiger partial charge in [0.25, 0.3) is 10.1 Å². The highest BCUT2D eigenvalue weighted by molar-refractivity contribution is 7.85. The minimum Gasteiger partial charge on any atom is -0.355 e. The van der Waals surface area contributed by atoms with E-state index in [9.17, 15) is 13.2 Å². The van der Waals surface area contributed by atoms with E-state index in [4.69, 9.17) is 9.81 Å². The Bertz CT molecular complexity index is 653.